The molecule has 18 heavy (non-hydrogen) atoms. The molecule has 100 valence electrons. The van der Waals surface area contributed by atoms with Crippen LogP contribution in [0.1, 0.15) is 31.7 Å². The minimum Gasteiger partial charge on any atom is -0.490 e. The Morgan fingerprint density at radius 3 is 3.00 bits per heavy atom. The first kappa shape index (κ1) is 13.7. The van der Waals surface area contributed by atoms with Crippen LogP contribution in [-0.4, -0.2) is 19.2 Å². The maximum absolute atomic E-state index is 6.23. The van der Waals surface area contributed by atoms with Crippen LogP contribution in [0.25, 0.3) is 0 Å². The van der Waals surface area contributed by atoms with Crippen LogP contribution in [0, 0.1) is 12.8 Å². The smallest absolute Gasteiger partial charge is 0.124 e. The van der Waals surface area contributed by atoms with Crippen molar-refractivity contribution < 1.29 is 4.74 Å². The maximum Gasteiger partial charge on any atom is 0.124 e. The molecule has 1 heterocycles. The Morgan fingerprint density at radius 1 is 1.50 bits per heavy atom. The van der Waals surface area contributed by atoms with Gasteiger partial charge in [-0.15, -0.1) is 0 Å². The van der Waals surface area contributed by atoms with E-state index < -0.39 is 0 Å². The van der Waals surface area contributed by atoms with Crippen LogP contribution in [0.3, 0.4) is 0 Å². The lowest BCUT2D eigenvalue weighted by Crippen LogP contribution is -2.29. The summed E-state index contributed by atoms with van der Waals surface area (Å²) < 4.78 is 6.23. The molecule has 1 aromatic rings. The topological polar surface area (TPSA) is 21.3 Å². The number of rotatable bonds is 5. The standard InChI is InChI=1S/C15H22ClNO/c1-3-5-15(12-8-9-17-10-12)18-14-7-4-6-13(16)11(14)2/h4,6-7,12,15,17H,3,5,8-10H2,1-2H3/t12-,15-/m0/s1. The van der Waals surface area contributed by atoms with Crippen molar-refractivity contribution >= 4 is 11.6 Å². The summed E-state index contributed by atoms with van der Waals surface area (Å²) in [5.41, 5.74) is 1.05. The average molecular weight is 268 g/mol. The molecule has 1 aliphatic rings. The van der Waals surface area contributed by atoms with Crippen LogP contribution < -0.4 is 10.1 Å². The van der Waals surface area contributed by atoms with Crippen LogP contribution in [0.15, 0.2) is 18.2 Å². The minimum atomic E-state index is 0.308. The lowest BCUT2D eigenvalue weighted by Gasteiger charge is -2.25. The van der Waals surface area contributed by atoms with Crippen molar-refractivity contribution in [3.63, 3.8) is 0 Å². The molecule has 0 unspecified atom stereocenters. The minimum absolute atomic E-state index is 0.308. The monoisotopic (exact) mass is 267 g/mol. The van der Waals surface area contributed by atoms with E-state index in [1.54, 1.807) is 0 Å². The Morgan fingerprint density at radius 2 is 2.33 bits per heavy atom. The molecule has 1 aliphatic heterocycles. The molecular formula is C15H22ClNO. The third-order valence-corrected chi connectivity index (χ3v) is 4.10. The van der Waals surface area contributed by atoms with Gasteiger partial charge in [-0.3, -0.25) is 0 Å². The lowest BCUT2D eigenvalue weighted by atomic mass is 9.97. The van der Waals surface area contributed by atoms with E-state index in [1.807, 2.05) is 25.1 Å². The molecule has 0 aromatic heterocycles. The zero-order valence-corrected chi connectivity index (χ0v) is 12.0. The molecule has 0 bridgehead atoms. The van der Waals surface area contributed by atoms with Crippen LogP contribution in [-0.2, 0) is 0 Å². The molecule has 2 rings (SSSR count). The van der Waals surface area contributed by atoms with Crippen molar-refractivity contribution in [2.45, 2.75) is 39.2 Å². The largest absolute Gasteiger partial charge is 0.490 e. The zero-order valence-electron chi connectivity index (χ0n) is 11.2. The van der Waals surface area contributed by atoms with E-state index >= 15 is 0 Å². The molecule has 1 aromatic carbocycles. The van der Waals surface area contributed by atoms with Crippen molar-refractivity contribution in [2.24, 2.45) is 5.92 Å². The zero-order chi connectivity index (χ0) is 13.0. The number of hydrogen-bond donors (Lipinski definition) is 1. The second-order valence-electron chi connectivity index (χ2n) is 5.06. The first-order chi connectivity index (χ1) is 8.72. The van der Waals surface area contributed by atoms with Gasteiger partial charge in [0.1, 0.15) is 11.9 Å². The molecule has 0 aliphatic carbocycles. The number of benzene rings is 1. The highest BCUT2D eigenvalue weighted by Crippen LogP contribution is 2.29. The lowest BCUT2D eigenvalue weighted by molar-refractivity contribution is 0.131. The fraction of sp³-hybridized carbons (Fsp3) is 0.600. The molecular weight excluding hydrogens is 246 g/mol. The summed E-state index contributed by atoms with van der Waals surface area (Å²) in [6.45, 7) is 6.42. The Labute approximate surface area is 115 Å². The van der Waals surface area contributed by atoms with E-state index in [2.05, 4.69) is 12.2 Å². The summed E-state index contributed by atoms with van der Waals surface area (Å²) in [6.07, 6.45) is 3.78. The molecule has 3 heteroatoms. The van der Waals surface area contributed by atoms with Gasteiger partial charge in [-0.25, -0.2) is 0 Å². The van der Waals surface area contributed by atoms with Gasteiger partial charge in [-0.05, 0) is 38.4 Å². The van der Waals surface area contributed by atoms with E-state index in [0.29, 0.717) is 12.0 Å². The predicted molar refractivity (Wildman–Crippen MR) is 76.5 cm³/mol. The predicted octanol–water partition coefficient (Wildman–Crippen LogP) is 3.81. The van der Waals surface area contributed by atoms with E-state index in [-0.39, 0.29) is 0 Å². The van der Waals surface area contributed by atoms with Crippen molar-refractivity contribution in [1.29, 1.82) is 0 Å². The van der Waals surface area contributed by atoms with Crippen molar-refractivity contribution in [1.82, 2.24) is 5.32 Å². The fourth-order valence-electron chi connectivity index (χ4n) is 2.55. The summed E-state index contributed by atoms with van der Waals surface area (Å²) in [4.78, 5) is 0. The fourth-order valence-corrected chi connectivity index (χ4v) is 2.71. The first-order valence-electron chi connectivity index (χ1n) is 6.85. The summed E-state index contributed by atoms with van der Waals surface area (Å²) >= 11 is 6.14. The molecule has 0 radical (unpaired) electrons. The average Bonchev–Trinajstić information content (AvgIpc) is 2.88. The number of hydrogen-bond acceptors (Lipinski definition) is 2. The molecule has 1 N–H and O–H groups in total. The van der Waals surface area contributed by atoms with Gasteiger partial charge >= 0.3 is 0 Å². The molecule has 1 fully saturated rings. The van der Waals surface area contributed by atoms with Crippen molar-refractivity contribution in [2.75, 3.05) is 13.1 Å². The SMILES string of the molecule is CCC[C@H](Oc1cccc(Cl)c1C)[C@H]1CCNC1. The quantitative estimate of drug-likeness (QED) is 0.876. The number of ether oxygens (including phenoxy) is 1. The first-order valence-corrected chi connectivity index (χ1v) is 7.22. The van der Waals surface area contributed by atoms with E-state index in [9.17, 15) is 0 Å². The second-order valence-corrected chi connectivity index (χ2v) is 5.47. The summed E-state index contributed by atoms with van der Waals surface area (Å²) in [5.74, 6) is 1.57. The highest BCUT2D eigenvalue weighted by molar-refractivity contribution is 6.31. The van der Waals surface area contributed by atoms with Crippen LogP contribution in [0.5, 0.6) is 5.75 Å². The highest BCUT2D eigenvalue weighted by atomic mass is 35.5. The van der Waals surface area contributed by atoms with Gasteiger partial charge in [0.25, 0.3) is 0 Å². The number of nitrogens with one attached hydrogen (secondary N) is 1. The molecule has 2 nitrogen and oxygen atoms in total. The van der Waals surface area contributed by atoms with Crippen LogP contribution in [0.2, 0.25) is 5.02 Å². The van der Waals surface area contributed by atoms with Gasteiger partial charge in [0.15, 0.2) is 0 Å². The summed E-state index contributed by atoms with van der Waals surface area (Å²) in [6, 6.07) is 5.89. The Bertz CT molecular complexity index is 388. The van der Waals surface area contributed by atoms with Crippen molar-refractivity contribution in [3.8, 4) is 5.75 Å². The molecule has 0 amide bonds. The van der Waals surface area contributed by atoms with Gasteiger partial charge in [0.2, 0.25) is 0 Å². The van der Waals surface area contributed by atoms with Crippen LogP contribution >= 0.6 is 11.6 Å². The Hall–Kier alpha value is -0.730. The molecule has 0 saturated carbocycles. The van der Waals surface area contributed by atoms with Gasteiger partial charge in [0.05, 0.1) is 0 Å². The van der Waals surface area contributed by atoms with Gasteiger partial charge in [-0.2, -0.15) is 0 Å². The second kappa shape index (κ2) is 6.44. The molecule has 1 saturated heterocycles. The third-order valence-electron chi connectivity index (χ3n) is 3.69. The van der Waals surface area contributed by atoms with E-state index in [0.717, 1.165) is 42.3 Å². The van der Waals surface area contributed by atoms with Crippen LogP contribution in [0.4, 0.5) is 0 Å². The Balaban J connectivity index is 2.10. The molecule has 0 spiro atoms. The number of halogens is 1. The van der Waals surface area contributed by atoms with Gasteiger partial charge < -0.3 is 10.1 Å². The summed E-state index contributed by atoms with van der Waals surface area (Å²) in [5, 5.41) is 4.20. The van der Waals surface area contributed by atoms with E-state index in [1.165, 1.54) is 6.42 Å². The Kier molecular flexibility index (Phi) is 4.90. The normalized spacial score (nSPS) is 20.9. The summed E-state index contributed by atoms with van der Waals surface area (Å²) in [7, 11) is 0. The molecule has 2 atom stereocenters. The van der Waals surface area contributed by atoms with Gasteiger partial charge in [-0.1, -0.05) is 31.0 Å². The van der Waals surface area contributed by atoms with E-state index in [4.69, 9.17) is 16.3 Å². The maximum atomic E-state index is 6.23. The van der Waals surface area contributed by atoms with Crippen molar-refractivity contribution in [3.05, 3.63) is 28.8 Å². The third kappa shape index (κ3) is 3.18. The van der Waals surface area contributed by atoms with Gasteiger partial charge in [0, 0.05) is 23.0 Å². The highest BCUT2D eigenvalue weighted by Gasteiger charge is 2.26.